The van der Waals surface area contributed by atoms with Crippen molar-refractivity contribution in [2.75, 3.05) is 13.4 Å². The third-order valence-electron chi connectivity index (χ3n) is 2.04. The molecule has 0 aliphatic carbocycles. The average molecular weight is 284 g/mol. The molecule has 7 nitrogen and oxygen atoms in total. The highest BCUT2D eigenvalue weighted by molar-refractivity contribution is 8.13. The lowest BCUT2D eigenvalue weighted by molar-refractivity contribution is -0.384. The molecule has 1 amide bonds. The summed E-state index contributed by atoms with van der Waals surface area (Å²) < 4.78 is 9.67. The number of nitro groups is 1. The number of benzene rings is 1. The van der Waals surface area contributed by atoms with Crippen molar-refractivity contribution in [3.8, 4) is 0 Å². The predicted octanol–water partition coefficient (Wildman–Crippen LogP) is 2.60. The first kappa shape index (κ1) is 15.0. The predicted molar refractivity (Wildman–Crippen MR) is 71.2 cm³/mol. The number of nitrogens with zero attached hydrogens (tertiary/aromatic N) is 2. The Bertz CT molecular complexity index is 480. The highest BCUT2D eigenvalue weighted by Crippen LogP contribution is 2.12. The molecule has 0 saturated carbocycles. The second-order valence-corrected chi connectivity index (χ2v) is 4.02. The summed E-state index contributed by atoms with van der Waals surface area (Å²) in [6.45, 7) is -0.00823. The summed E-state index contributed by atoms with van der Waals surface area (Å²) in [4.78, 5) is 24.8. The molecule has 0 aliphatic rings. The fraction of sp³-hybridized carbons (Fsp3) is 0.273. The monoisotopic (exact) mass is 284 g/mol. The summed E-state index contributed by atoms with van der Waals surface area (Å²) in [5, 5.41) is 10.7. The third-order valence-corrected chi connectivity index (χ3v) is 2.65. The van der Waals surface area contributed by atoms with Gasteiger partial charge in [0.25, 0.3) is 10.9 Å². The number of carbonyl (C=O) groups excluding carboxylic acids is 1. The summed E-state index contributed by atoms with van der Waals surface area (Å²) in [6.07, 6.45) is 0.941. The number of amides is 1. The van der Waals surface area contributed by atoms with Crippen molar-refractivity contribution in [1.82, 2.24) is 0 Å². The molecule has 0 atom stereocenters. The first-order valence-corrected chi connectivity index (χ1v) is 6.36. The zero-order valence-corrected chi connectivity index (χ0v) is 11.2. The number of carbonyl (C=O) groups is 1. The summed E-state index contributed by atoms with van der Waals surface area (Å²) in [6, 6.07) is 5.71. The summed E-state index contributed by atoms with van der Waals surface area (Å²) in [5.74, 6) is 0. The first-order valence-electron chi connectivity index (χ1n) is 5.13. The number of nitro benzene ring substituents is 1. The van der Waals surface area contributed by atoms with Crippen LogP contribution in [0.3, 0.4) is 0 Å². The van der Waals surface area contributed by atoms with Crippen molar-refractivity contribution >= 4 is 28.8 Å². The van der Waals surface area contributed by atoms with Crippen LogP contribution in [0.2, 0.25) is 0 Å². The number of ether oxygens (including phenoxy) is 2. The minimum absolute atomic E-state index is 0.00823. The largest absolute Gasteiger partial charge is 0.476 e. The molecule has 0 bridgehead atoms. The third kappa shape index (κ3) is 4.96. The van der Waals surface area contributed by atoms with Crippen LogP contribution in [-0.2, 0) is 16.1 Å². The summed E-state index contributed by atoms with van der Waals surface area (Å²) in [7, 11) is 1.40. The van der Waals surface area contributed by atoms with Crippen LogP contribution in [-0.4, -0.2) is 29.6 Å². The molecule has 1 aromatic rings. The standard InChI is InChI=1S/C11H12N2O5S/c1-17-11(19-2)12-10(14)18-7-8-3-5-9(6-4-8)13(15)16/h3-6H,7H2,1-2H3/b12-11+. The van der Waals surface area contributed by atoms with E-state index in [4.69, 9.17) is 9.47 Å². The van der Waals surface area contributed by atoms with E-state index in [1.54, 1.807) is 6.26 Å². The van der Waals surface area contributed by atoms with Crippen molar-refractivity contribution < 1.29 is 19.2 Å². The molecule has 8 heteroatoms. The molecular weight excluding hydrogens is 272 g/mol. The van der Waals surface area contributed by atoms with Gasteiger partial charge in [-0.2, -0.15) is 0 Å². The Kier molecular flexibility index (Phi) is 5.80. The van der Waals surface area contributed by atoms with Gasteiger partial charge in [0.2, 0.25) is 0 Å². The van der Waals surface area contributed by atoms with E-state index in [0.29, 0.717) is 5.56 Å². The van der Waals surface area contributed by atoms with Crippen LogP contribution >= 0.6 is 11.8 Å². The molecule has 0 spiro atoms. The zero-order valence-electron chi connectivity index (χ0n) is 10.4. The van der Waals surface area contributed by atoms with Crippen LogP contribution in [0.1, 0.15) is 5.56 Å². The van der Waals surface area contributed by atoms with Gasteiger partial charge in [-0.15, -0.1) is 4.99 Å². The molecule has 0 fully saturated rings. The van der Waals surface area contributed by atoms with Gasteiger partial charge in [-0.1, -0.05) is 11.8 Å². The fourth-order valence-electron chi connectivity index (χ4n) is 1.14. The Morgan fingerprint density at radius 1 is 1.42 bits per heavy atom. The van der Waals surface area contributed by atoms with Gasteiger partial charge < -0.3 is 9.47 Å². The molecule has 0 unspecified atom stereocenters. The normalized spacial score (nSPS) is 10.9. The maximum absolute atomic E-state index is 11.3. The molecule has 0 radical (unpaired) electrons. The highest BCUT2D eigenvalue weighted by Gasteiger charge is 2.07. The molecule has 0 heterocycles. The number of hydrogen-bond acceptors (Lipinski definition) is 6. The summed E-state index contributed by atoms with van der Waals surface area (Å²) in [5.41, 5.74) is 0.620. The number of hydrogen-bond donors (Lipinski definition) is 0. The van der Waals surface area contributed by atoms with E-state index in [2.05, 4.69) is 4.99 Å². The number of aliphatic imine (C=N–C) groups is 1. The van der Waals surface area contributed by atoms with E-state index in [1.165, 1.54) is 43.1 Å². The minimum atomic E-state index is -0.774. The van der Waals surface area contributed by atoms with E-state index < -0.39 is 11.0 Å². The van der Waals surface area contributed by atoms with E-state index in [9.17, 15) is 14.9 Å². The SMILES string of the molecule is CO/C(=N\C(=O)OCc1ccc([N+](=O)[O-])cc1)SC. The lowest BCUT2D eigenvalue weighted by atomic mass is 10.2. The minimum Gasteiger partial charge on any atom is -0.476 e. The molecular formula is C11H12N2O5S. The van der Waals surface area contributed by atoms with E-state index >= 15 is 0 Å². The van der Waals surface area contributed by atoms with E-state index in [1.807, 2.05) is 0 Å². The Balaban J connectivity index is 2.55. The molecule has 1 rings (SSSR count). The molecule has 1 aromatic carbocycles. The average Bonchev–Trinajstić information content (AvgIpc) is 2.43. The van der Waals surface area contributed by atoms with Gasteiger partial charge in [0.15, 0.2) is 0 Å². The molecule has 0 saturated heterocycles. The second kappa shape index (κ2) is 7.37. The second-order valence-electron chi connectivity index (χ2n) is 3.26. The van der Waals surface area contributed by atoms with Crippen LogP contribution in [0.5, 0.6) is 0 Å². The van der Waals surface area contributed by atoms with Crippen molar-refractivity contribution in [1.29, 1.82) is 0 Å². The molecule has 0 N–H and O–H groups in total. The maximum Gasteiger partial charge on any atom is 0.437 e. The number of methoxy groups -OCH3 is 1. The maximum atomic E-state index is 11.3. The molecule has 0 aromatic heterocycles. The van der Waals surface area contributed by atoms with Gasteiger partial charge in [-0.05, 0) is 24.0 Å². The quantitative estimate of drug-likeness (QED) is 0.366. The fourth-order valence-corrected chi connectivity index (χ4v) is 1.47. The Labute approximate surface area is 113 Å². The van der Waals surface area contributed by atoms with Crippen LogP contribution in [0.25, 0.3) is 0 Å². The summed E-state index contributed by atoms with van der Waals surface area (Å²) >= 11 is 1.18. The number of rotatable bonds is 3. The van der Waals surface area contributed by atoms with Gasteiger partial charge >= 0.3 is 6.09 Å². The van der Waals surface area contributed by atoms with Gasteiger partial charge in [-0.25, -0.2) is 4.79 Å². The van der Waals surface area contributed by atoms with Crippen LogP contribution < -0.4 is 0 Å². The highest BCUT2D eigenvalue weighted by atomic mass is 32.2. The van der Waals surface area contributed by atoms with Crippen molar-refractivity contribution in [2.24, 2.45) is 4.99 Å². The van der Waals surface area contributed by atoms with E-state index in [0.717, 1.165) is 0 Å². The van der Waals surface area contributed by atoms with Gasteiger partial charge in [0.1, 0.15) is 6.61 Å². The van der Waals surface area contributed by atoms with E-state index in [-0.39, 0.29) is 17.5 Å². The molecule has 102 valence electrons. The topological polar surface area (TPSA) is 91.0 Å². The van der Waals surface area contributed by atoms with Gasteiger partial charge in [0, 0.05) is 12.1 Å². The van der Waals surface area contributed by atoms with Crippen LogP contribution in [0.4, 0.5) is 10.5 Å². The molecule has 19 heavy (non-hydrogen) atoms. The smallest absolute Gasteiger partial charge is 0.437 e. The number of non-ortho nitro benzene ring substituents is 1. The Morgan fingerprint density at radius 3 is 2.53 bits per heavy atom. The lowest BCUT2D eigenvalue weighted by Crippen LogP contribution is -2.04. The van der Waals surface area contributed by atoms with Crippen LogP contribution in [0, 0.1) is 10.1 Å². The van der Waals surface area contributed by atoms with Crippen LogP contribution in [0.15, 0.2) is 29.3 Å². The van der Waals surface area contributed by atoms with Gasteiger partial charge in [0.05, 0.1) is 12.0 Å². The van der Waals surface area contributed by atoms with Crippen molar-refractivity contribution in [3.05, 3.63) is 39.9 Å². The zero-order chi connectivity index (χ0) is 14.3. The van der Waals surface area contributed by atoms with Crippen molar-refractivity contribution in [2.45, 2.75) is 6.61 Å². The number of thioether (sulfide) groups is 1. The van der Waals surface area contributed by atoms with Crippen molar-refractivity contribution in [3.63, 3.8) is 0 Å². The lowest BCUT2D eigenvalue weighted by Gasteiger charge is -2.03. The first-order chi connectivity index (χ1) is 9.06. The molecule has 0 aliphatic heterocycles. The van der Waals surface area contributed by atoms with Gasteiger partial charge in [-0.3, -0.25) is 10.1 Å². The Hall–Kier alpha value is -2.09. The Morgan fingerprint density at radius 2 is 2.05 bits per heavy atom.